The third kappa shape index (κ3) is 3.03. The Labute approximate surface area is 115 Å². The van der Waals surface area contributed by atoms with E-state index in [2.05, 4.69) is 62.4 Å². The van der Waals surface area contributed by atoms with Gasteiger partial charge in [-0.3, -0.25) is 0 Å². The average Bonchev–Trinajstić information content (AvgIpc) is 2.47. The van der Waals surface area contributed by atoms with Gasteiger partial charge in [-0.25, -0.2) is 0 Å². The maximum Gasteiger partial charge on any atom is 0.0178 e. The van der Waals surface area contributed by atoms with Crippen molar-refractivity contribution in [1.29, 1.82) is 0 Å². The molecule has 2 nitrogen and oxygen atoms in total. The van der Waals surface area contributed by atoms with Crippen LogP contribution in [0, 0.1) is 0 Å². The van der Waals surface area contributed by atoms with Gasteiger partial charge in [0.1, 0.15) is 0 Å². The zero-order chi connectivity index (χ0) is 13.9. The maximum absolute atomic E-state index is 5.86. The van der Waals surface area contributed by atoms with Crippen molar-refractivity contribution in [2.45, 2.75) is 25.8 Å². The molecular weight excluding hydrogens is 232 g/mol. The minimum atomic E-state index is 0.00148. The first kappa shape index (κ1) is 13.8. The summed E-state index contributed by atoms with van der Waals surface area (Å²) in [7, 11) is 0. The van der Waals surface area contributed by atoms with Gasteiger partial charge in [0.05, 0.1) is 0 Å². The number of hydrogen-bond donors (Lipinski definition) is 2. The second-order valence-electron chi connectivity index (χ2n) is 5.57. The Hall–Kier alpha value is -1.64. The molecule has 0 saturated carbocycles. The van der Waals surface area contributed by atoms with Crippen LogP contribution in [0.1, 0.15) is 25.0 Å². The fourth-order valence-electron chi connectivity index (χ4n) is 2.12. The van der Waals surface area contributed by atoms with E-state index in [0.717, 1.165) is 5.56 Å². The first-order valence-corrected chi connectivity index (χ1v) is 6.67. The number of benzene rings is 2. The lowest BCUT2D eigenvalue weighted by Crippen LogP contribution is -2.27. The lowest BCUT2D eigenvalue weighted by molar-refractivity contribution is 0.539. The topological polar surface area (TPSA) is 52.0 Å². The molecule has 4 N–H and O–H groups in total. The highest BCUT2D eigenvalue weighted by molar-refractivity contribution is 5.65. The highest BCUT2D eigenvalue weighted by Crippen LogP contribution is 2.27. The Morgan fingerprint density at radius 2 is 1.53 bits per heavy atom. The molecule has 2 aromatic rings. The molecule has 0 aliphatic carbocycles. The fourth-order valence-corrected chi connectivity index (χ4v) is 2.12. The van der Waals surface area contributed by atoms with E-state index in [1.54, 1.807) is 0 Å². The second-order valence-corrected chi connectivity index (χ2v) is 5.57. The first-order valence-electron chi connectivity index (χ1n) is 6.67. The van der Waals surface area contributed by atoms with Gasteiger partial charge in [-0.05, 0) is 28.3 Å². The summed E-state index contributed by atoms with van der Waals surface area (Å²) in [6.07, 6.45) is 0. The van der Waals surface area contributed by atoms with Crippen molar-refractivity contribution < 1.29 is 0 Å². The van der Waals surface area contributed by atoms with Crippen LogP contribution in [0.3, 0.4) is 0 Å². The van der Waals surface area contributed by atoms with Gasteiger partial charge >= 0.3 is 0 Å². The summed E-state index contributed by atoms with van der Waals surface area (Å²) in [4.78, 5) is 0. The van der Waals surface area contributed by atoms with E-state index in [-0.39, 0.29) is 5.41 Å². The molecule has 0 saturated heterocycles. The molecule has 0 aromatic heterocycles. The summed E-state index contributed by atoms with van der Waals surface area (Å²) < 4.78 is 0. The molecule has 0 amide bonds. The molecule has 0 atom stereocenters. The molecule has 0 radical (unpaired) electrons. The van der Waals surface area contributed by atoms with E-state index in [9.17, 15) is 0 Å². The van der Waals surface area contributed by atoms with Gasteiger partial charge in [0.25, 0.3) is 0 Å². The van der Waals surface area contributed by atoms with Gasteiger partial charge in [0, 0.05) is 18.5 Å². The molecule has 0 aliphatic heterocycles. The lowest BCUT2D eigenvalue weighted by atomic mass is 9.83. The molecule has 2 aromatic carbocycles. The van der Waals surface area contributed by atoms with Crippen molar-refractivity contribution in [3.8, 4) is 11.1 Å². The van der Waals surface area contributed by atoms with Crippen LogP contribution < -0.4 is 11.5 Å². The van der Waals surface area contributed by atoms with Crippen LogP contribution >= 0.6 is 0 Å². The van der Waals surface area contributed by atoms with Gasteiger partial charge < -0.3 is 11.5 Å². The van der Waals surface area contributed by atoms with Crippen molar-refractivity contribution >= 4 is 0 Å². The van der Waals surface area contributed by atoms with Gasteiger partial charge in [0.2, 0.25) is 0 Å². The zero-order valence-corrected chi connectivity index (χ0v) is 11.7. The summed E-state index contributed by atoms with van der Waals surface area (Å²) in [5.41, 5.74) is 16.4. The molecule has 0 fully saturated rings. The Kier molecular flexibility index (Phi) is 4.03. The standard InChI is InChI=1S/C17H22N2/c1-17(2,12-19)16-8-4-7-15(10-16)14-6-3-5-13(9-14)11-18/h3-10H,11-12,18-19H2,1-2H3. The SMILES string of the molecule is CC(C)(CN)c1cccc(-c2cccc(CN)c2)c1. The lowest BCUT2D eigenvalue weighted by Gasteiger charge is -2.23. The van der Waals surface area contributed by atoms with Gasteiger partial charge in [0.15, 0.2) is 0 Å². The highest BCUT2D eigenvalue weighted by atomic mass is 14.6. The average molecular weight is 254 g/mol. The molecule has 100 valence electrons. The summed E-state index contributed by atoms with van der Waals surface area (Å²) in [6, 6.07) is 17.0. The van der Waals surface area contributed by atoms with Crippen LogP contribution in [0.4, 0.5) is 0 Å². The first-order chi connectivity index (χ1) is 9.06. The minimum Gasteiger partial charge on any atom is -0.330 e. The van der Waals surface area contributed by atoms with Crippen LogP contribution in [-0.4, -0.2) is 6.54 Å². The molecular formula is C17H22N2. The monoisotopic (exact) mass is 254 g/mol. The third-order valence-corrected chi connectivity index (χ3v) is 3.65. The van der Waals surface area contributed by atoms with Crippen LogP contribution in [0.2, 0.25) is 0 Å². The summed E-state index contributed by atoms with van der Waals surface area (Å²) in [5, 5.41) is 0. The zero-order valence-electron chi connectivity index (χ0n) is 11.7. The largest absolute Gasteiger partial charge is 0.330 e. The van der Waals surface area contributed by atoms with Crippen molar-refractivity contribution in [3.63, 3.8) is 0 Å². The van der Waals surface area contributed by atoms with Gasteiger partial charge in [-0.15, -0.1) is 0 Å². The van der Waals surface area contributed by atoms with Crippen molar-refractivity contribution in [2.75, 3.05) is 6.54 Å². The van der Waals surface area contributed by atoms with Crippen LogP contribution in [0.25, 0.3) is 11.1 Å². The summed E-state index contributed by atoms with van der Waals surface area (Å²) >= 11 is 0. The molecule has 2 heteroatoms. The molecule has 19 heavy (non-hydrogen) atoms. The summed E-state index contributed by atoms with van der Waals surface area (Å²) in [5.74, 6) is 0. The molecule has 0 heterocycles. The number of nitrogens with two attached hydrogens (primary N) is 2. The molecule has 0 aliphatic rings. The fraction of sp³-hybridized carbons (Fsp3) is 0.294. The second kappa shape index (κ2) is 5.55. The Bertz CT molecular complexity index is 559. The molecule has 0 unspecified atom stereocenters. The van der Waals surface area contributed by atoms with Crippen LogP contribution in [-0.2, 0) is 12.0 Å². The quantitative estimate of drug-likeness (QED) is 0.881. The number of rotatable bonds is 4. The normalized spacial score (nSPS) is 11.6. The van der Waals surface area contributed by atoms with Crippen molar-refractivity contribution in [3.05, 3.63) is 59.7 Å². The molecule has 0 bridgehead atoms. The van der Waals surface area contributed by atoms with E-state index in [1.165, 1.54) is 16.7 Å². The van der Waals surface area contributed by atoms with E-state index in [4.69, 9.17) is 11.5 Å². The predicted octanol–water partition coefficient (Wildman–Crippen LogP) is 3.05. The van der Waals surface area contributed by atoms with Crippen LogP contribution in [0.15, 0.2) is 48.5 Å². The van der Waals surface area contributed by atoms with E-state index < -0.39 is 0 Å². The summed E-state index contributed by atoms with van der Waals surface area (Å²) in [6.45, 7) is 5.55. The maximum atomic E-state index is 5.86. The van der Waals surface area contributed by atoms with Crippen molar-refractivity contribution in [2.24, 2.45) is 11.5 Å². The van der Waals surface area contributed by atoms with Crippen LogP contribution in [0.5, 0.6) is 0 Å². The third-order valence-electron chi connectivity index (χ3n) is 3.65. The molecule has 2 rings (SSSR count). The van der Waals surface area contributed by atoms with Gasteiger partial charge in [-0.2, -0.15) is 0 Å². The van der Waals surface area contributed by atoms with E-state index in [0.29, 0.717) is 13.1 Å². The van der Waals surface area contributed by atoms with E-state index >= 15 is 0 Å². The van der Waals surface area contributed by atoms with Crippen molar-refractivity contribution in [1.82, 2.24) is 0 Å². The predicted molar refractivity (Wildman–Crippen MR) is 81.8 cm³/mol. The molecule has 0 spiro atoms. The Morgan fingerprint density at radius 3 is 2.16 bits per heavy atom. The Morgan fingerprint density at radius 1 is 0.895 bits per heavy atom. The number of hydrogen-bond acceptors (Lipinski definition) is 2. The van der Waals surface area contributed by atoms with E-state index in [1.807, 2.05) is 0 Å². The smallest absolute Gasteiger partial charge is 0.0178 e. The van der Waals surface area contributed by atoms with Gasteiger partial charge in [-0.1, -0.05) is 56.3 Å². The minimum absolute atomic E-state index is 0.00148. The highest BCUT2D eigenvalue weighted by Gasteiger charge is 2.18. The Balaban J connectivity index is 2.43.